The average molecular weight is 267 g/mol. The summed E-state index contributed by atoms with van der Waals surface area (Å²) < 4.78 is 7.73. The topological polar surface area (TPSA) is 39.1 Å². The lowest BCUT2D eigenvalue weighted by Crippen LogP contribution is -2.15. The van der Waals surface area contributed by atoms with Crippen LogP contribution in [0.25, 0.3) is 0 Å². The van der Waals surface area contributed by atoms with Crippen LogP contribution in [0.1, 0.15) is 50.2 Å². The predicted molar refractivity (Wildman–Crippen MR) is 79.4 cm³/mol. The largest absolute Gasteiger partial charge is 0.380 e. The first-order valence-corrected chi connectivity index (χ1v) is 7.26. The summed E-state index contributed by atoms with van der Waals surface area (Å²) >= 11 is 0. The van der Waals surface area contributed by atoms with Crippen LogP contribution in [0.15, 0.2) is 0 Å². The Morgan fingerprint density at radius 3 is 2.47 bits per heavy atom. The Morgan fingerprint density at radius 2 is 1.89 bits per heavy atom. The van der Waals surface area contributed by atoms with Crippen molar-refractivity contribution < 1.29 is 4.74 Å². The van der Waals surface area contributed by atoms with E-state index in [1.54, 1.807) is 0 Å². The summed E-state index contributed by atoms with van der Waals surface area (Å²) in [6.45, 7) is 13.2. The molecule has 1 rings (SSSR count). The van der Waals surface area contributed by atoms with Crippen molar-refractivity contribution in [3.05, 3.63) is 17.0 Å². The van der Waals surface area contributed by atoms with Crippen LogP contribution in [-0.2, 0) is 11.3 Å². The number of aryl methyl sites for hydroxylation is 1. The van der Waals surface area contributed by atoms with Crippen LogP contribution in [0, 0.1) is 19.8 Å². The first-order valence-electron chi connectivity index (χ1n) is 7.26. The monoisotopic (exact) mass is 267 g/mol. The van der Waals surface area contributed by atoms with Gasteiger partial charge in [-0.2, -0.15) is 5.10 Å². The van der Waals surface area contributed by atoms with Crippen molar-refractivity contribution >= 4 is 0 Å². The third-order valence-corrected chi connectivity index (χ3v) is 3.59. The van der Waals surface area contributed by atoms with E-state index in [9.17, 15) is 0 Å². The maximum absolute atomic E-state index is 5.66. The van der Waals surface area contributed by atoms with Gasteiger partial charge in [-0.05, 0) is 40.2 Å². The third-order valence-electron chi connectivity index (χ3n) is 3.59. The second kappa shape index (κ2) is 7.65. The highest BCUT2D eigenvalue weighted by Gasteiger charge is 2.15. The molecule has 0 bridgehead atoms. The molecule has 0 aromatic carbocycles. The van der Waals surface area contributed by atoms with Crippen LogP contribution in [0.3, 0.4) is 0 Å². The molecule has 0 aliphatic heterocycles. The van der Waals surface area contributed by atoms with E-state index in [0.29, 0.717) is 12.0 Å². The normalized spacial score (nSPS) is 13.2. The van der Waals surface area contributed by atoms with E-state index in [0.717, 1.165) is 31.9 Å². The molecule has 0 amide bonds. The zero-order valence-corrected chi connectivity index (χ0v) is 13.3. The molecular weight excluding hydrogens is 238 g/mol. The van der Waals surface area contributed by atoms with E-state index in [1.165, 1.54) is 11.3 Å². The molecule has 0 spiro atoms. The second-order valence-electron chi connectivity index (χ2n) is 5.61. The number of hydrogen-bond acceptors (Lipinski definition) is 3. The van der Waals surface area contributed by atoms with Crippen LogP contribution < -0.4 is 5.32 Å². The van der Waals surface area contributed by atoms with Gasteiger partial charge in [-0.1, -0.05) is 13.8 Å². The molecule has 4 heteroatoms. The lowest BCUT2D eigenvalue weighted by Gasteiger charge is -2.11. The maximum Gasteiger partial charge on any atom is 0.0662 e. The second-order valence-corrected chi connectivity index (χ2v) is 5.61. The molecule has 0 saturated heterocycles. The molecule has 19 heavy (non-hydrogen) atoms. The van der Waals surface area contributed by atoms with E-state index in [4.69, 9.17) is 4.74 Å². The van der Waals surface area contributed by atoms with Crippen molar-refractivity contribution in [1.29, 1.82) is 0 Å². The summed E-state index contributed by atoms with van der Waals surface area (Å²) in [5.74, 6) is 0.705. The number of rotatable bonds is 8. The molecule has 0 aliphatic carbocycles. The summed E-state index contributed by atoms with van der Waals surface area (Å²) in [6, 6.07) is 0.343. The van der Waals surface area contributed by atoms with Gasteiger partial charge >= 0.3 is 0 Å². The number of nitrogens with zero attached hydrogens (tertiary/aromatic N) is 2. The molecule has 1 atom stereocenters. The minimum Gasteiger partial charge on any atom is -0.380 e. The Labute approximate surface area is 117 Å². The fourth-order valence-corrected chi connectivity index (χ4v) is 2.27. The van der Waals surface area contributed by atoms with Gasteiger partial charge in [-0.3, -0.25) is 4.68 Å². The van der Waals surface area contributed by atoms with Crippen molar-refractivity contribution in [3.8, 4) is 0 Å². The van der Waals surface area contributed by atoms with E-state index >= 15 is 0 Å². The molecule has 1 heterocycles. The van der Waals surface area contributed by atoms with Crippen LogP contribution in [0.2, 0.25) is 0 Å². The van der Waals surface area contributed by atoms with Crippen molar-refractivity contribution in [2.24, 2.45) is 5.92 Å². The third kappa shape index (κ3) is 4.62. The Hall–Kier alpha value is -0.870. The first kappa shape index (κ1) is 16.2. The minimum atomic E-state index is 0.343. The highest BCUT2D eigenvalue weighted by atomic mass is 16.5. The Morgan fingerprint density at radius 1 is 1.21 bits per heavy atom. The summed E-state index contributed by atoms with van der Waals surface area (Å²) in [5, 5.41) is 7.89. The molecule has 0 saturated carbocycles. The fourth-order valence-electron chi connectivity index (χ4n) is 2.27. The number of nitrogens with one attached hydrogen (secondary N) is 1. The van der Waals surface area contributed by atoms with Crippen LogP contribution in [-0.4, -0.2) is 30.0 Å². The van der Waals surface area contributed by atoms with Crippen molar-refractivity contribution in [1.82, 2.24) is 15.1 Å². The van der Waals surface area contributed by atoms with Crippen molar-refractivity contribution in [2.45, 2.75) is 53.6 Å². The standard InChI is InChI=1S/C15H29N3O/c1-11(2)7-9-19-10-8-18-14(5)15(12(3)16-6)13(4)17-18/h11-12,16H,7-10H2,1-6H3. The highest BCUT2D eigenvalue weighted by Crippen LogP contribution is 2.20. The molecule has 110 valence electrons. The number of hydrogen-bond donors (Lipinski definition) is 1. The zero-order chi connectivity index (χ0) is 14.4. The lowest BCUT2D eigenvalue weighted by atomic mass is 10.1. The molecule has 0 radical (unpaired) electrons. The fraction of sp³-hybridized carbons (Fsp3) is 0.800. The van der Waals surface area contributed by atoms with Gasteiger partial charge in [0.1, 0.15) is 0 Å². The molecule has 1 unspecified atom stereocenters. The summed E-state index contributed by atoms with van der Waals surface area (Å²) in [4.78, 5) is 0. The van der Waals surface area contributed by atoms with E-state index in [1.807, 2.05) is 7.05 Å². The van der Waals surface area contributed by atoms with Crippen molar-refractivity contribution in [3.63, 3.8) is 0 Å². The number of aromatic nitrogens is 2. The quantitative estimate of drug-likeness (QED) is 0.736. The Bertz CT molecular complexity index is 385. The van der Waals surface area contributed by atoms with Gasteiger partial charge in [0.15, 0.2) is 0 Å². The van der Waals surface area contributed by atoms with Gasteiger partial charge in [0, 0.05) is 23.9 Å². The average Bonchev–Trinajstić information content (AvgIpc) is 2.63. The molecule has 1 aromatic rings. The van der Waals surface area contributed by atoms with Gasteiger partial charge in [-0.25, -0.2) is 0 Å². The minimum absolute atomic E-state index is 0.343. The SMILES string of the molecule is CNC(C)c1c(C)nn(CCOCCC(C)C)c1C. The zero-order valence-electron chi connectivity index (χ0n) is 13.3. The van der Waals surface area contributed by atoms with Gasteiger partial charge in [0.2, 0.25) is 0 Å². The Balaban J connectivity index is 2.51. The van der Waals surface area contributed by atoms with Crippen LogP contribution in [0.5, 0.6) is 0 Å². The summed E-state index contributed by atoms with van der Waals surface area (Å²) in [5.41, 5.74) is 3.66. The smallest absolute Gasteiger partial charge is 0.0662 e. The van der Waals surface area contributed by atoms with E-state index in [2.05, 4.69) is 49.7 Å². The van der Waals surface area contributed by atoms with Gasteiger partial charge in [0.05, 0.1) is 18.8 Å². The molecular formula is C15H29N3O. The summed E-state index contributed by atoms with van der Waals surface area (Å²) in [6.07, 6.45) is 1.12. The van der Waals surface area contributed by atoms with E-state index in [-0.39, 0.29) is 0 Å². The first-order chi connectivity index (χ1) is 8.97. The van der Waals surface area contributed by atoms with E-state index < -0.39 is 0 Å². The maximum atomic E-state index is 5.66. The molecule has 0 aliphatic rings. The van der Waals surface area contributed by atoms with Crippen LogP contribution in [0.4, 0.5) is 0 Å². The number of ether oxygens (including phenoxy) is 1. The Kier molecular flexibility index (Phi) is 6.52. The highest BCUT2D eigenvalue weighted by molar-refractivity contribution is 5.27. The van der Waals surface area contributed by atoms with Gasteiger partial charge < -0.3 is 10.1 Å². The van der Waals surface area contributed by atoms with Gasteiger partial charge in [-0.15, -0.1) is 0 Å². The van der Waals surface area contributed by atoms with Gasteiger partial charge in [0.25, 0.3) is 0 Å². The molecule has 1 aromatic heterocycles. The lowest BCUT2D eigenvalue weighted by molar-refractivity contribution is 0.113. The van der Waals surface area contributed by atoms with Crippen molar-refractivity contribution in [2.75, 3.05) is 20.3 Å². The van der Waals surface area contributed by atoms with Crippen LogP contribution >= 0.6 is 0 Å². The molecule has 0 fully saturated rings. The summed E-state index contributed by atoms with van der Waals surface area (Å²) in [7, 11) is 1.98. The predicted octanol–water partition coefficient (Wildman–Crippen LogP) is 2.84. The molecule has 1 N–H and O–H groups in total. The molecule has 4 nitrogen and oxygen atoms in total.